The molecule has 0 bridgehead atoms. The van der Waals surface area contributed by atoms with Crippen molar-refractivity contribution in [1.29, 1.82) is 0 Å². The number of carbonyl (C=O) groups is 2. The van der Waals surface area contributed by atoms with E-state index in [4.69, 9.17) is 9.47 Å². The number of benzene rings is 3. The van der Waals surface area contributed by atoms with Crippen LogP contribution in [0.25, 0.3) is 0 Å². The quantitative estimate of drug-likeness (QED) is 0.426. The molecular weight excluding hydrogens is 394 g/mol. The van der Waals surface area contributed by atoms with Crippen LogP contribution < -0.4 is 20.2 Å². The summed E-state index contributed by atoms with van der Waals surface area (Å²) >= 11 is 0. The summed E-state index contributed by atoms with van der Waals surface area (Å²) in [6.07, 6.45) is 1.50. The van der Waals surface area contributed by atoms with Crippen LogP contribution in [0.5, 0.6) is 11.5 Å². The molecule has 0 aromatic heterocycles. The second-order valence-corrected chi connectivity index (χ2v) is 6.41. The molecule has 0 heterocycles. The van der Waals surface area contributed by atoms with Crippen molar-refractivity contribution in [2.24, 2.45) is 5.10 Å². The Morgan fingerprint density at radius 1 is 0.935 bits per heavy atom. The van der Waals surface area contributed by atoms with E-state index < -0.39 is 5.91 Å². The molecule has 0 aliphatic heterocycles. The lowest BCUT2D eigenvalue weighted by molar-refractivity contribution is 0.0956. The predicted molar refractivity (Wildman–Crippen MR) is 120 cm³/mol. The summed E-state index contributed by atoms with van der Waals surface area (Å²) < 4.78 is 10.8. The summed E-state index contributed by atoms with van der Waals surface area (Å²) in [4.78, 5) is 25.1. The van der Waals surface area contributed by atoms with Gasteiger partial charge in [-0.25, -0.2) is 5.43 Å². The highest BCUT2D eigenvalue weighted by molar-refractivity contribution is 6.09. The molecule has 3 rings (SSSR count). The molecule has 2 amide bonds. The molecule has 0 aliphatic carbocycles. The van der Waals surface area contributed by atoms with Crippen molar-refractivity contribution >= 4 is 23.7 Å². The van der Waals surface area contributed by atoms with Crippen LogP contribution in [0.4, 0.5) is 5.69 Å². The second kappa shape index (κ2) is 10.6. The van der Waals surface area contributed by atoms with Crippen LogP contribution in [0.3, 0.4) is 0 Å². The van der Waals surface area contributed by atoms with Gasteiger partial charge < -0.3 is 14.8 Å². The predicted octanol–water partition coefficient (Wildman–Crippen LogP) is 4.11. The lowest BCUT2D eigenvalue weighted by Crippen LogP contribution is -2.21. The molecule has 0 atom stereocenters. The van der Waals surface area contributed by atoms with E-state index in [1.165, 1.54) is 6.21 Å². The first-order valence-corrected chi connectivity index (χ1v) is 9.72. The molecule has 0 saturated heterocycles. The van der Waals surface area contributed by atoms with Crippen LogP contribution in [0.15, 0.2) is 77.9 Å². The van der Waals surface area contributed by atoms with Crippen molar-refractivity contribution in [3.05, 3.63) is 89.5 Å². The van der Waals surface area contributed by atoms with Gasteiger partial charge in [-0.15, -0.1) is 0 Å². The summed E-state index contributed by atoms with van der Waals surface area (Å²) in [5.41, 5.74) is 4.42. The van der Waals surface area contributed by atoms with Gasteiger partial charge in [0.2, 0.25) is 0 Å². The van der Waals surface area contributed by atoms with E-state index in [9.17, 15) is 9.59 Å². The summed E-state index contributed by atoms with van der Waals surface area (Å²) in [7, 11) is 1.57. The van der Waals surface area contributed by atoms with Crippen LogP contribution >= 0.6 is 0 Å². The Morgan fingerprint density at radius 3 is 2.42 bits per heavy atom. The first-order valence-electron chi connectivity index (χ1n) is 9.72. The number of rotatable bonds is 8. The van der Waals surface area contributed by atoms with Gasteiger partial charge in [-0.1, -0.05) is 30.3 Å². The fourth-order valence-electron chi connectivity index (χ4n) is 2.84. The first-order chi connectivity index (χ1) is 15.1. The van der Waals surface area contributed by atoms with E-state index in [2.05, 4.69) is 15.8 Å². The van der Waals surface area contributed by atoms with Crippen LogP contribution in [0, 0.1) is 0 Å². The number of hydrogen-bond acceptors (Lipinski definition) is 5. The highest BCUT2D eigenvalue weighted by Crippen LogP contribution is 2.27. The van der Waals surface area contributed by atoms with Gasteiger partial charge in [0.1, 0.15) is 0 Å². The minimum Gasteiger partial charge on any atom is -0.493 e. The average molecular weight is 417 g/mol. The lowest BCUT2D eigenvalue weighted by Gasteiger charge is -2.10. The van der Waals surface area contributed by atoms with Gasteiger partial charge >= 0.3 is 0 Å². The molecule has 3 aromatic rings. The van der Waals surface area contributed by atoms with E-state index in [0.29, 0.717) is 34.9 Å². The number of anilines is 1. The minimum atomic E-state index is -0.446. The van der Waals surface area contributed by atoms with Crippen LogP contribution in [-0.4, -0.2) is 31.7 Å². The van der Waals surface area contributed by atoms with Crippen molar-refractivity contribution in [2.75, 3.05) is 19.0 Å². The summed E-state index contributed by atoms with van der Waals surface area (Å²) in [5, 5.41) is 6.79. The zero-order valence-electron chi connectivity index (χ0n) is 17.3. The number of carbonyl (C=O) groups excluding carboxylic acids is 2. The van der Waals surface area contributed by atoms with E-state index in [0.717, 1.165) is 5.56 Å². The van der Waals surface area contributed by atoms with Gasteiger partial charge in [0, 0.05) is 5.56 Å². The first kappa shape index (κ1) is 21.6. The molecular formula is C24H23N3O4. The van der Waals surface area contributed by atoms with Gasteiger partial charge in [-0.3, -0.25) is 9.59 Å². The Bertz CT molecular complexity index is 1080. The standard InChI is InChI=1S/C24H23N3O4/c1-3-31-22-15-17(13-14-21(22)30-2)16-25-27-24(29)19-11-7-8-12-20(19)26-23(28)18-9-5-4-6-10-18/h4-16H,3H2,1-2H3,(H,26,28)(H,27,29)/b25-16-. The van der Waals surface area contributed by atoms with Crippen LogP contribution in [0.1, 0.15) is 33.2 Å². The average Bonchev–Trinajstić information content (AvgIpc) is 2.80. The Kier molecular flexibility index (Phi) is 7.37. The SMILES string of the molecule is CCOc1cc(/C=N\NC(=O)c2ccccc2NC(=O)c2ccccc2)ccc1OC. The minimum absolute atomic E-state index is 0.300. The Hall–Kier alpha value is -4.13. The molecule has 3 aromatic carbocycles. The number of ether oxygens (including phenoxy) is 2. The summed E-state index contributed by atoms with van der Waals surface area (Å²) in [6, 6.07) is 20.9. The molecule has 2 N–H and O–H groups in total. The van der Waals surface area contributed by atoms with Crippen LogP contribution in [-0.2, 0) is 0 Å². The van der Waals surface area contributed by atoms with Gasteiger partial charge in [0.15, 0.2) is 11.5 Å². The molecule has 7 nitrogen and oxygen atoms in total. The fourth-order valence-corrected chi connectivity index (χ4v) is 2.84. The number of hydrazone groups is 1. The van der Waals surface area contributed by atoms with Gasteiger partial charge in [-0.05, 0) is 55.0 Å². The maximum absolute atomic E-state index is 12.6. The number of methoxy groups -OCH3 is 1. The third kappa shape index (κ3) is 5.70. The molecule has 158 valence electrons. The third-order valence-corrected chi connectivity index (χ3v) is 4.32. The normalized spacial score (nSPS) is 10.5. The van der Waals surface area contributed by atoms with Gasteiger partial charge in [0.05, 0.1) is 31.2 Å². The van der Waals surface area contributed by atoms with Gasteiger partial charge in [0.25, 0.3) is 11.8 Å². The molecule has 0 aliphatic rings. The largest absolute Gasteiger partial charge is 0.493 e. The molecule has 0 radical (unpaired) electrons. The van der Waals surface area contributed by atoms with E-state index in [1.54, 1.807) is 73.8 Å². The Morgan fingerprint density at radius 2 is 1.68 bits per heavy atom. The molecule has 31 heavy (non-hydrogen) atoms. The highest BCUT2D eigenvalue weighted by atomic mass is 16.5. The van der Waals surface area contributed by atoms with E-state index >= 15 is 0 Å². The van der Waals surface area contributed by atoms with E-state index in [-0.39, 0.29) is 5.91 Å². The van der Waals surface area contributed by atoms with Crippen LogP contribution in [0.2, 0.25) is 0 Å². The number of amides is 2. The summed E-state index contributed by atoms with van der Waals surface area (Å²) in [5.74, 6) is 0.463. The number of nitrogens with zero attached hydrogens (tertiary/aromatic N) is 1. The highest BCUT2D eigenvalue weighted by Gasteiger charge is 2.13. The summed E-state index contributed by atoms with van der Waals surface area (Å²) in [6.45, 7) is 2.38. The molecule has 0 fully saturated rings. The topological polar surface area (TPSA) is 89.0 Å². The number of nitrogens with one attached hydrogen (secondary N) is 2. The molecule has 0 saturated carbocycles. The maximum atomic E-state index is 12.6. The maximum Gasteiger partial charge on any atom is 0.273 e. The zero-order valence-corrected chi connectivity index (χ0v) is 17.3. The fraction of sp³-hybridized carbons (Fsp3) is 0.125. The monoisotopic (exact) mass is 417 g/mol. The number of para-hydroxylation sites is 1. The third-order valence-electron chi connectivity index (χ3n) is 4.32. The van der Waals surface area contributed by atoms with Crippen molar-refractivity contribution < 1.29 is 19.1 Å². The molecule has 0 spiro atoms. The second-order valence-electron chi connectivity index (χ2n) is 6.41. The Balaban J connectivity index is 1.70. The Labute approximate surface area is 180 Å². The van der Waals surface area contributed by atoms with Crippen molar-refractivity contribution in [3.63, 3.8) is 0 Å². The number of hydrogen-bond donors (Lipinski definition) is 2. The van der Waals surface area contributed by atoms with Crippen molar-refractivity contribution in [2.45, 2.75) is 6.92 Å². The lowest BCUT2D eigenvalue weighted by atomic mass is 10.1. The van der Waals surface area contributed by atoms with E-state index in [1.807, 2.05) is 13.0 Å². The van der Waals surface area contributed by atoms with Gasteiger partial charge in [-0.2, -0.15) is 5.10 Å². The molecule has 7 heteroatoms. The molecule has 0 unspecified atom stereocenters. The zero-order chi connectivity index (χ0) is 22.1. The van der Waals surface area contributed by atoms with Crippen molar-refractivity contribution in [3.8, 4) is 11.5 Å². The smallest absolute Gasteiger partial charge is 0.273 e. The van der Waals surface area contributed by atoms with Crippen molar-refractivity contribution in [1.82, 2.24) is 5.43 Å².